The lowest BCUT2D eigenvalue weighted by atomic mass is 10.1. The van der Waals surface area contributed by atoms with Crippen molar-refractivity contribution in [1.82, 2.24) is 14.7 Å². The quantitative estimate of drug-likeness (QED) is 0.871. The molecule has 0 saturated carbocycles. The van der Waals surface area contributed by atoms with Gasteiger partial charge >= 0.3 is 0 Å². The Bertz CT molecular complexity index is 456. The van der Waals surface area contributed by atoms with Crippen molar-refractivity contribution >= 4 is 5.91 Å². The van der Waals surface area contributed by atoms with E-state index in [4.69, 9.17) is 0 Å². The molecule has 5 nitrogen and oxygen atoms in total. The Morgan fingerprint density at radius 2 is 2.00 bits per heavy atom. The summed E-state index contributed by atoms with van der Waals surface area (Å²) in [5.41, 5.74) is 0.610. The van der Waals surface area contributed by atoms with Gasteiger partial charge in [0.25, 0.3) is 5.91 Å². The Labute approximate surface area is 121 Å². The number of hydrogen-bond donors (Lipinski definition) is 1. The first-order chi connectivity index (χ1) is 9.21. The third-order valence-electron chi connectivity index (χ3n) is 3.53. The summed E-state index contributed by atoms with van der Waals surface area (Å²) in [7, 11) is 1.70. The summed E-state index contributed by atoms with van der Waals surface area (Å²) >= 11 is 0. The molecule has 0 fully saturated rings. The molecule has 0 aromatic carbocycles. The van der Waals surface area contributed by atoms with Crippen molar-refractivity contribution in [2.45, 2.75) is 59.1 Å². The van der Waals surface area contributed by atoms with Crippen LogP contribution in [0.25, 0.3) is 0 Å². The number of aromatic nitrogens is 2. The minimum Gasteiger partial charge on any atom is -0.389 e. The van der Waals surface area contributed by atoms with Gasteiger partial charge in [0.15, 0.2) is 0 Å². The van der Waals surface area contributed by atoms with Crippen molar-refractivity contribution in [1.29, 1.82) is 0 Å². The van der Waals surface area contributed by atoms with E-state index in [0.29, 0.717) is 18.2 Å². The molecular formula is C15H27N3O2. The predicted molar refractivity (Wildman–Crippen MR) is 79.8 cm³/mol. The molecule has 1 aromatic rings. The maximum absolute atomic E-state index is 12.4. The van der Waals surface area contributed by atoms with Crippen LogP contribution in [0.3, 0.4) is 0 Å². The zero-order valence-electron chi connectivity index (χ0n) is 13.5. The highest BCUT2D eigenvalue weighted by Gasteiger charge is 2.24. The van der Waals surface area contributed by atoms with Crippen LogP contribution >= 0.6 is 0 Å². The maximum Gasteiger partial charge on any atom is 0.257 e. The Hall–Kier alpha value is -1.36. The van der Waals surface area contributed by atoms with Crippen LogP contribution in [0, 0.1) is 6.92 Å². The van der Waals surface area contributed by atoms with E-state index >= 15 is 0 Å². The number of likely N-dealkylation sites (N-methyl/N-ethyl adjacent to an activating group) is 1. The third kappa shape index (κ3) is 3.82. The molecule has 1 aromatic heterocycles. The van der Waals surface area contributed by atoms with Crippen LogP contribution in [0.5, 0.6) is 0 Å². The maximum atomic E-state index is 12.4. The van der Waals surface area contributed by atoms with Crippen LogP contribution in [-0.2, 0) is 0 Å². The van der Waals surface area contributed by atoms with Crippen molar-refractivity contribution in [2.75, 3.05) is 13.6 Å². The molecule has 0 radical (unpaired) electrons. The van der Waals surface area contributed by atoms with Gasteiger partial charge in [-0.25, -0.2) is 0 Å². The molecule has 0 atom stereocenters. The van der Waals surface area contributed by atoms with Gasteiger partial charge in [-0.2, -0.15) is 5.10 Å². The zero-order valence-corrected chi connectivity index (χ0v) is 13.5. The molecule has 0 unspecified atom stereocenters. The standard InChI is InChI=1S/C15H27N3O2/c1-7-12(8-2)18-11(3)13(9-16-18)14(19)17(6)10-15(4,5)20/h9,12,20H,7-8,10H2,1-6H3. The van der Waals surface area contributed by atoms with E-state index in [9.17, 15) is 9.90 Å². The predicted octanol–water partition coefficient (Wildman–Crippen LogP) is 2.40. The highest BCUT2D eigenvalue weighted by atomic mass is 16.3. The highest BCUT2D eigenvalue weighted by Crippen LogP contribution is 2.20. The molecule has 0 aliphatic heterocycles. The second kappa shape index (κ2) is 6.39. The fraction of sp³-hybridized carbons (Fsp3) is 0.733. The fourth-order valence-electron chi connectivity index (χ4n) is 2.49. The largest absolute Gasteiger partial charge is 0.389 e. The summed E-state index contributed by atoms with van der Waals surface area (Å²) in [6.45, 7) is 9.85. The van der Waals surface area contributed by atoms with Crippen molar-refractivity contribution in [3.05, 3.63) is 17.5 Å². The molecule has 0 aliphatic rings. The third-order valence-corrected chi connectivity index (χ3v) is 3.53. The Kier molecular flexibility index (Phi) is 5.34. The van der Waals surface area contributed by atoms with Gasteiger partial charge in [-0.3, -0.25) is 9.48 Å². The first-order valence-electron chi connectivity index (χ1n) is 7.23. The van der Waals surface area contributed by atoms with Crippen molar-refractivity contribution in [3.8, 4) is 0 Å². The number of nitrogens with zero attached hydrogens (tertiary/aromatic N) is 3. The van der Waals surface area contributed by atoms with E-state index in [0.717, 1.165) is 18.5 Å². The molecule has 1 rings (SSSR count). The molecule has 1 amide bonds. The summed E-state index contributed by atoms with van der Waals surface area (Å²) in [6, 6.07) is 0.330. The topological polar surface area (TPSA) is 58.4 Å². The zero-order chi connectivity index (χ0) is 15.5. The number of carbonyl (C=O) groups is 1. The lowest BCUT2D eigenvalue weighted by Gasteiger charge is -2.25. The summed E-state index contributed by atoms with van der Waals surface area (Å²) in [6.07, 6.45) is 3.62. The van der Waals surface area contributed by atoms with Gasteiger partial charge in [0.2, 0.25) is 0 Å². The van der Waals surface area contributed by atoms with Crippen molar-refractivity contribution in [2.24, 2.45) is 0 Å². The summed E-state index contributed by atoms with van der Waals surface area (Å²) in [5.74, 6) is -0.0955. The van der Waals surface area contributed by atoms with Crippen LogP contribution < -0.4 is 0 Å². The molecule has 114 valence electrons. The average molecular weight is 281 g/mol. The molecule has 0 aliphatic carbocycles. The van der Waals surface area contributed by atoms with Gasteiger partial charge in [-0.05, 0) is 33.6 Å². The summed E-state index contributed by atoms with van der Waals surface area (Å²) in [4.78, 5) is 14.0. The summed E-state index contributed by atoms with van der Waals surface area (Å²) < 4.78 is 1.94. The SMILES string of the molecule is CCC(CC)n1ncc(C(=O)N(C)CC(C)(C)O)c1C. The molecule has 0 spiro atoms. The number of carbonyl (C=O) groups excluding carboxylic acids is 1. The van der Waals surface area contributed by atoms with Crippen molar-refractivity contribution < 1.29 is 9.90 Å². The van der Waals surface area contributed by atoms with E-state index in [1.165, 1.54) is 0 Å². The van der Waals surface area contributed by atoms with E-state index in [2.05, 4.69) is 18.9 Å². The Morgan fingerprint density at radius 1 is 1.45 bits per heavy atom. The van der Waals surface area contributed by atoms with Gasteiger partial charge in [0.05, 0.1) is 23.4 Å². The van der Waals surface area contributed by atoms with Crippen LogP contribution in [0.1, 0.15) is 62.6 Å². The normalized spacial score (nSPS) is 12.0. The summed E-state index contributed by atoms with van der Waals surface area (Å²) in [5, 5.41) is 14.2. The molecule has 20 heavy (non-hydrogen) atoms. The second-order valence-electron chi connectivity index (χ2n) is 6.03. The minimum atomic E-state index is -0.899. The van der Waals surface area contributed by atoms with Gasteiger partial charge in [-0.1, -0.05) is 13.8 Å². The molecule has 5 heteroatoms. The van der Waals surface area contributed by atoms with Crippen molar-refractivity contribution in [3.63, 3.8) is 0 Å². The minimum absolute atomic E-state index is 0.0955. The Morgan fingerprint density at radius 3 is 2.45 bits per heavy atom. The molecule has 0 bridgehead atoms. The number of amides is 1. The smallest absolute Gasteiger partial charge is 0.257 e. The monoisotopic (exact) mass is 281 g/mol. The van der Waals surface area contributed by atoms with Gasteiger partial charge < -0.3 is 10.0 Å². The number of aliphatic hydroxyl groups is 1. The molecule has 1 heterocycles. The second-order valence-corrected chi connectivity index (χ2v) is 6.03. The molecular weight excluding hydrogens is 254 g/mol. The van der Waals surface area contributed by atoms with E-state index in [1.807, 2.05) is 11.6 Å². The van der Waals surface area contributed by atoms with Crippen LogP contribution in [-0.4, -0.2) is 44.9 Å². The average Bonchev–Trinajstić information content (AvgIpc) is 2.70. The lowest BCUT2D eigenvalue weighted by Crippen LogP contribution is -2.39. The van der Waals surface area contributed by atoms with Crippen LogP contribution in [0.15, 0.2) is 6.20 Å². The Balaban J connectivity index is 2.95. The molecule has 0 saturated heterocycles. The number of hydrogen-bond acceptors (Lipinski definition) is 3. The fourth-order valence-corrected chi connectivity index (χ4v) is 2.49. The van der Waals surface area contributed by atoms with Gasteiger partial charge in [0.1, 0.15) is 0 Å². The van der Waals surface area contributed by atoms with E-state index in [1.54, 1.807) is 32.0 Å². The first kappa shape index (κ1) is 16.7. The lowest BCUT2D eigenvalue weighted by molar-refractivity contribution is 0.0367. The van der Waals surface area contributed by atoms with E-state index in [-0.39, 0.29) is 5.91 Å². The highest BCUT2D eigenvalue weighted by molar-refractivity contribution is 5.94. The first-order valence-corrected chi connectivity index (χ1v) is 7.23. The van der Waals surface area contributed by atoms with E-state index < -0.39 is 5.60 Å². The van der Waals surface area contributed by atoms with Gasteiger partial charge in [0, 0.05) is 19.3 Å². The number of rotatable bonds is 6. The van der Waals surface area contributed by atoms with Crippen LogP contribution in [0.4, 0.5) is 0 Å². The van der Waals surface area contributed by atoms with Crippen LogP contribution in [0.2, 0.25) is 0 Å². The molecule has 1 N–H and O–H groups in total. The van der Waals surface area contributed by atoms with Gasteiger partial charge in [-0.15, -0.1) is 0 Å².